The van der Waals surface area contributed by atoms with Gasteiger partial charge in [0.1, 0.15) is 23.5 Å². The van der Waals surface area contributed by atoms with Crippen LogP contribution in [-0.2, 0) is 17.3 Å². The fourth-order valence-electron chi connectivity index (χ4n) is 4.89. The molecule has 1 fully saturated rings. The molecule has 0 unspecified atom stereocenters. The number of alkyl halides is 3. The molecule has 42 heavy (non-hydrogen) atoms. The van der Waals surface area contributed by atoms with E-state index in [0.717, 1.165) is 44.8 Å². The lowest BCUT2D eigenvalue weighted by Crippen LogP contribution is -2.27. The number of benzene rings is 2. The minimum Gasteiger partial charge on any atom is -0.382 e. The number of ether oxygens (including phenoxy) is 1. The Balaban J connectivity index is 1.32. The lowest BCUT2D eigenvalue weighted by atomic mass is 10.1. The predicted octanol–water partition coefficient (Wildman–Crippen LogP) is 5.57. The number of nitrogens with two attached hydrogens (primary N) is 1. The minimum atomic E-state index is -4.73. The van der Waals surface area contributed by atoms with Crippen LogP contribution >= 0.6 is 0 Å². The average molecular weight is 590 g/mol. The lowest BCUT2D eigenvalue weighted by Gasteiger charge is -2.18. The second-order valence-electron chi connectivity index (χ2n) is 9.83. The predicted molar refractivity (Wildman–Crippen MR) is 147 cm³/mol. The highest BCUT2D eigenvalue weighted by molar-refractivity contribution is 6.00. The number of rotatable bonds is 7. The van der Waals surface area contributed by atoms with Gasteiger partial charge < -0.3 is 26.0 Å². The Morgan fingerprint density at radius 3 is 2.60 bits per heavy atom. The molecule has 0 saturated carbocycles. The van der Waals surface area contributed by atoms with Crippen molar-refractivity contribution >= 4 is 28.7 Å². The largest absolute Gasteiger partial charge is 0.416 e. The van der Waals surface area contributed by atoms with Crippen molar-refractivity contribution in [3.05, 3.63) is 71.7 Å². The summed E-state index contributed by atoms with van der Waals surface area (Å²) in [7, 11) is 0. The van der Waals surface area contributed by atoms with Crippen LogP contribution in [0.1, 0.15) is 24.1 Å². The first-order valence-corrected chi connectivity index (χ1v) is 13.3. The van der Waals surface area contributed by atoms with E-state index in [9.17, 15) is 22.4 Å². The van der Waals surface area contributed by atoms with Gasteiger partial charge in [-0.1, -0.05) is 6.07 Å². The first-order valence-electron chi connectivity index (χ1n) is 13.3. The lowest BCUT2D eigenvalue weighted by molar-refractivity contribution is -0.137. The van der Waals surface area contributed by atoms with Crippen molar-refractivity contribution < 1.29 is 31.5 Å². The summed E-state index contributed by atoms with van der Waals surface area (Å²) in [6, 6.07) is 6.37. The quantitative estimate of drug-likeness (QED) is 0.243. The molecule has 1 aliphatic rings. The van der Waals surface area contributed by atoms with E-state index < -0.39 is 35.1 Å². The Labute approximate surface area is 237 Å². The average Bonchev–Trinajstić information content (AvgIpc) is 3.11. The van der Waals surface area contributed by atoms with Gasteiger partial charge in [0.2, 0.25) is 0 Å². The summed E-state index contributed by atoms with van der Waals surface area (Å²) in [6.45, 7) is 4.21. The van der Waals surface area contributed by atoms with E-state index >= 15 is 4.39 Å². The second kappa shape index (κ2) is 12.3. The normalized spacial score (nSPS) is 14.6. The topological polar surface area (TPSA) is 110 Å². The van der Waals surface area contributed by atoms with Gasteiger partial charge in [-0.05, 0) is 67.8 Å². The van der Waals surface area contributed by atoms with E-state index in [1.165, 1.54) is 18.5 Å². The molecule has 5 rings (SSSR count). The van der Waals surface area contributed by atoms with Crippen molar-refractivity contribution in [3.8, 4) is 11.1 Å². The Kier molecular flexibility index (Phi) is 8.54. The van der Waals surface area contributed by atoms with E-state index in [1.54, 1.807) is 10.6 Å². The number of carbonyl (C=O) groups excluding carboxylic acids is 1. The van der Waals surface area contributed by atoms with E-state index in [0.29, 0.717) is 47.9 Å². The second-order valence-corrected chi connectivity index (χ2v) is 9.83. The Hall–Kier alpha value is -4.30. The summed E-state index contributed by atoms with van der Waals surface area (Å²) >= 11 is 0. The number of hydrogen-bond donors (Lipinski definition) is 3. The SMILES string of the molecule is Nc1ncnn2c(CCCN3CCCOCC3)cc(-c3ccc(NC(=O)Nc4cc(C(F)(F)F)ccc4F)c(F)c3)c12. The van der Waals surface area contributed by atoms with Crippen molar-refractivity contribution in [2.24, 2.45) is 0 Å². The highest BCUT2D eigenvalue weighted by atomic mass is 19.4. The van der Waals surface area contributed by atoms with Gasteiger partial charge in [-0.25, -0.2) is 23.1 Å². The molecule has 4 aromatic rings. The van der Waals surface area contributed by atoms with Gasteiger partial charge in [0, 0.05) is 31.0 Å². The number of aryl methyl sites for hydroxylation is 1. The zero-order valence-electron chi connectivity index (χ0n) is 22.3. The molecule has 2 amide bonds. The van der Waals surface area contributed by atoms with Gasteiger partial charge in [0.15, 0.2) is 5.82 Å². The van der Waals surface area contributed by atoms with Gasteiger partial charge in [-0.3, -0.25) is 0 Å². The summed E-state index contributed by atoms with van der Waals surface area (Å²) in [6.07, 6.45) is -0.858. The van der Waals surface area contributed by atoms with Gasteiger partial charge in [0.05, 0.1) is 23.5 Å². The zero-order valence-corrected chi connectivity index (χ0v) is 22.3. The first kappa shape index (κ1) is 29.2. The van der Waals surface area contributed by atoms with Gasteiger partial charge in [0.25, 0.3) is 0 Å². The summed E-state index contributed by atoms with van der Waals surface area (Å²) in [5, 5.41) is 8.53. The fraction of sp³-hybridized carbons (Fsp3) is 0.321. The van der Waals surface area contributed by atoms with Crippen molar-refractivity contribution in [2.45, 2.75) is 25.4 Å². The summed E-state index contributed by atoms with van der Waals surface area (Å²) < 4.78 is 75.2. The summed E-state index contributed by atoms with van der Waals surface area (Å²) in [5.74, 6) is -1.70. The molecule has 4 N–H and O–H groups in total. The van der Waals surface area contributed by atoms with E-state index in [1.807, 2.05) is 11.4 Å². The molecular formula is C28H28F5N7O2. The van der Waals surface area contributed by atoms with Crippen LogP contribution in [0.25, 0.3) is 16.6 Å². The number of aromatic nitrogens is 3. The third-order valence-corrected chi connectivity index (χ3v) is 6.95. The number of nitrogens with one attached hydrogen (secondary N) is 2. The van der Waals surface area contributed by atoms with Crippen LogP contribution in [0.15, 0.2) is 48.8 Å². The maximum atomic E-state index is 15.1. The smallest absolute Gasteiger partial charge is 0.382 e. The number of carbonyl (C=O) groups is 1. The molecular weight excluding hydrogens is 561 g/mol. The molecule has 0 aliphatic carbocycles. The Morgan fingerprint density at radius 1 is 1.00 bits per heavy atom. The summed E-state index contributed by atoms with van der Waals surface area (Å²) in [5.41, 5.74) is 6.47. The van der Waals surface area contributed by atoms with E-state index in [4.69, 9.17) is 10.5 Å². The fourth-order valence-corrected chi connectivity index (χ4v) is 4.89. The Bertz CT molecular complexity index is 1580. The van der Waals surface area contributed by atoms with Crippen LogP contribution < -0.4 is 16.4 Å². The van der Waals surface area contributed by atoms with Crippen LogP contribution in [0.4, 0.5) is 43.9 Å². The monoisotopic (exact) mass is 589 g/mol. The van der Waals surface area contributed by atoms with Crippen LogP contribution in [0, 0.1) is 11.6 Å². The van der Waals surface area contributed by atoms with Gasteiger partial charge >= 0.3 is 12.2 Å². The van der Waals surface area contributed by atoms with Gasteiger partial charge in [-0.15, -0.1) is 0 Å². The number of nitrogen functional groups attached to an aromatic ring is 1. The standard InChI is InChI=1S/C28H28F5N7O2/c29-21-6-5-18(28(31,32)33)14-24(21)38-27(41)37-23-7-4-17(13-22(23)30)20-15-19(40-25(20)26(34)35-16-36-40)3-1-8-39-9-2-11-42-12-10-39/h4-7,13-16H,1-3,8-12H2,(H2,34,35,36)(H2,37,38,41). The number of amides is 2. The maximum Gasteiger partial charge on any atom is 0.416 e. The minimum absolute atomic E-state index is 0.209. The zero-order chi connectivity index (χ0) is 29.9. The molecule has 1 aliphatic heterocycles. The molecule has 0 atom stereocenters. The van der Waals surface area contributed by atoms with Crippen LogP contribution in [0.5, 0.6) is 0 Å². The number of anilines is 3. The molecule has 3 heterocycles. The Morgan fingerprint density at radius 2 is 1.81 bits per heavy atom. The van der Waals surface area contributed by atoms with Crippen LogP contribution in [0.3, 0.4) is 0 Å². The molecule has 0 spiro atoms. The van der Waals surface area contributed by atoms with Crippen molar-refractivity contribution in [1.29, 1.82) is 0 Å². The molecule has 9 nitrogen and oxygen atoms in total. The molecule has 1 saturated heterocycles. The number of fused-ring (bicyclic) bond motifs is 1. The first-order chi connectivity index (χ1) is 20.1. The van der Waals surface area contributed by atoms with E-state index in [-0.39, 0.29) is 11.5 Å². The van der Waals surface area contributed by atoms with E-state index in [2.05, 4.69) is 20.3 Å². The molecule has 222 valence electrons. The number of nitrogens with zero attached hydrogens (tertiary/aromatic N) is 4. The molecule has 2 aromatic heterocycles. The molecule has 0 radical (unpaired) electrons. The number of urea groups is 1. The van der Waals surface area contributed by atoms with Crippen LogP contribution in [-0.4, -0.2) is 58.4 Å². The van der Waals surface area contributed by atoms with Gasteiger partial charge in [-0.2, -0.15) is 18.3 Å². The molecule has 0 bridgehead atoms. The van der Waals surface area contributed by atoms with Crippen molar-refractivity contribution in [2.75, 3.05) is 49.2 Å². The third-order valence-electron chi connectivity index (χ3n) is 6.95. The van der Waals surface area contributed by atoms with Crippen molar-refractivity contribution in [1.82, 2.24) is 19.5 Å². The highest BCUT2D eigenvalue weighted by Crippen LogP contribution is 2.34. The molecule has 14 heteroatoms. The van der Waals surface area contributed by atoms with Crippen LogP contribution in [0.2, 0.25) is 0 Å². The third kappa shape index (κ3) is 6.60. The van der Waals surface area contributed by atoms with Crippen molar-refractivity contribution in [3.63, 3.8) is 0 Å². The summed E-state index contributed by atoms with van der Waals surface area (Å²) in [4.78, 5) is 18.8. The highest BCUT2D eigenvalue weighted by Gasteiger charge is 2.31. The maximum absolute atomic E-state index is 15.1. The number of halogens is 5. The molecule has 2 aromatic carbocycles. The number of hydrogen-bond acceptors (Lipinski definition) is 6.